The lowest BCUT2D eigenvalue weighted by Gasteiger charge is -2.12. The third kappa shape index (κ3) is 4.52. The van der Waals surface area contributed by atoms with Crippen LogP contribution in [-0.2, 0) is 9.59 Å². The lowest BCUT2D eigenvalue weighted by molar-refractivity contribution is -0.127. The van der Waals surface area contributed by atoms with Gasteiger partial charge in [0.25, 0.3) is 11.1 Å². The van der Waals surface area contributed by atoms with Crippen LogP contribution in [0.2, 0.25) is 5.02 Å². The SMILES string of the molecule is COc1cc(Cl)cc(/C=C2\SC(=O)N(CC(=O)Nc3ccccc3F)C2=O)c1O. The minimum absolute atomic E-state index is 0.00619. The summed E-state index contributed by atoms with van der Waals surface area (Å²) in [6.45, 7) is -0.582. The third-order valence-electron chi connectivity index (χ3n) is 3.90. The van der Waals surface area contributed by atoms with Crippen molar-refractivity contribution in [3.63, 3.8) is 0 Å². The average molecular weight is 437 g/mol. The number of hydrogen-bond acceptors (Lipinski definition) is 6. The lowest BCUT2D eigenvalue weighted by Crippen LogP contribution is -2.36. The zero-order valence-electron chi connectivity index (χ0n) is 14.9. The second-order valence-electron chi connectivity index (χ2n) is 5.84. The Morgan fingerprint density at radius 2 is 2.07 bits per heavy atom. The predicted octanol–water partition coefficient (Wildman–Crippen LogP) is 3.87. The monoisotopic (exact) mass is 436 g/mol. The molecule has 0 aromatic heterocycles. The number of nitrogens with zero attached hydrogens (tertiary/aromatic N) is 1. The maximum Gasteiger partial charge on any atom is 0.294 e. The van der Waals surface area contributed by atoms with Crippen LogP contribution in [-0.4, -0.2) is 40.7 Å². The summed E-state index contributed by atoms with van der Waals surface area (Å²) in [6.07, 6.45) is 1.28. The van der Waals surface area contributed by atoms with E-state index in [4.69, 9.17) is 16.3 Å². The quantitative estimate of drug-likeness (QED) is 0.691. The van der Waals surface area contributed by atoms with E-state index in [1.54, 1.807) is 0 Å². The summed E-state index contributed by atoms with van der Waals surface area (Å²) in [5.74, 6) is -2.23. The van der Waals surface area contributed by atoms with Gasteiger partial charge in [0.15, 0.2) is 11.5 Å². The van der Waals surface area contributed by atoms with Crippen molar-refractivity contribution in [1.82, 2.24) is 4.90 Å². The van der Waals surface area contributed by atoms with Gasteiger partial charge in [-0.2, -0.15) is 0 Å². The van der Waals surface area contributed by atoms with Crippen LogP contribution in [0.4, 0.5) is 14.9 Å². The number of carbonyl (C=O) groups is 3. The van der Waals surface area contributed by atoms with Gasteiger partial charge in [-0.15, -0.1) is 0 Å². The van der Waals surface area contributed by atoms with Gasteiger partial charge < -0.3 is 15.2 Å². The summed E-state index contributed by atoms with van der Waals surface area (Å²) >= 11 is 6.57. The molecule has 0 spiro atoms. The number of imide groups is 1. The maximum atomic E-state index is 13.6. The molecule has 0 unspecified atom stereocenters. The number of hydrogen-bond donors (Lipinski definition) is 2. The summed E-state index contributed by atoms with van der Waals surface area (Å²) in [5, 5.41) is 12.1. The Morgan fingerprint density at radius 1 is 1.34 bits per heavy atom. The first-order valence-electron chi connectivity index (χ1n) is 8.16. The molecule has 1 aliphatic heterocycles. The van der Waals surface area contributed by atoms with Gasteiger partial charge >= 0.3 is 0 Å². The highest BCUT2D eigenvalue weighted by atomic mass is 35.5. The summed E-state index contributed by atoms with van der Waals surface area (Å²) in [6, 6.07) is 8.32. The van der Waals surface area contributed by atoms with Gasteiger partial charge in [-0.1, -0.05) is 23.7 Å². The van der Waals surface area contributed by atoms with E-state index in [-0.39, 0.29) is 32.7 Å². The molecular weight excluding hydrogens is 423 g/mol. The summed E-state index contributed by atoms with van der Waals surface area (Å²) < 4.78 is 18.6. The molecule has 1 aliphatic rings. The van der Waals surface area contributed by atoms with E-state index in [1.165, 1.54) is 49.6 Å². The molecule has 150 valence electrons. The molecule has 29 heavy (non-hydrogen) atoms. The molecule has 2 N–H and O–H groups in total. The Kier molecular flexibility index (Phi) is 6.09. The highest BCUT2D eigenvalue weighted by molar-refractivity contribution is 8.18. The van der Waals surface area contributed by atoms with Crippen LogP contribution >= 0.6 is 23.4 Å². The van der Waals surface area contributed by atoms with E-state index in [2.05, 4.69) is 5.32 Å². The molecule has 1 heterocycles. The molecule has 3 amide bonds. The number of methoxy groups -OCH3 is 1. The molecule has 1 fully saturated rings. The number of ether oxygens (including phenoxy) is 1. The Labute approximate surface area is 174 Å². The number of amides is 3. The number of para-hydroxylation sites is 1. The summed E-state index contributed by atoms with van der Waals surface area (Å²) in [4.78, 5) is 37.6. The molecule has 1 saturated heterocycles. The van der Waals surface area contributed by atoms with Gasteiger partial charge in [-0.05, 0) is 36.0 Å². The number of phenols is 1. The summed E-state index contributed by atoms with van der Waals surface area (Å²) in [5.41, 5.74) is 0.117. The van der Waals surface area contributed by atoms with Crippen LogP contribution in [0.15, 0.2) is 41.3 Å². The van der Waals surface area contributed by atoms with Gasteiger partial charge in [-0.3, -0.25) is 19.3 Å². The van der Waals surface area contributed by atoms with Gasteiger partial charge in [0.2, 0.25) is 5.91 Å². The maximum absolute atomic E-state index is 13.6. The van der Waals surface area contributed by atoms with Crippen molar-refractivity contribution in [3.05, 3.63) is 57.7 Å². The second kappa shape index (κ2) is 8.54. The van der Waals surface area contributed by atoms with Crippen molar-refractivity contribution in [1.29, 1.82) is 0 Å². The predicted molar refractivity (Wildman–Crippen MR) is 107 cm³/mol. The molecule has 2 aromatic carbocycles. The van der Waals surface area contributed by atoms with Gasteiger partial charge in [0, 0.05) is 16.7 Å². The van der Waals surface area contributed by atoms with E-state index in [9.17, 15) is 23.9 Å². The fourth-order valence-electron chi connectivity index (χ4n) is 2.53. The van der Waals surface area contributed by atoms with Crippen molar-refractivity contribution >= 4 is 52.2 Å². The molecule has 7 nitrogen and oxygen atoms in total. The summed E-state index contributed by atoms with van der Waals surface area (Å²) in [7, 11) is 1.34. The molecule has 0 radical (unpaired) electrons. The van der Waals surface area contributed by atoms with E-state index in [0.29, 0.717) is 11.8 Å². The molecular formula is C19H14ClFN2O5S. The van der Waals surface area contributed by atoms with E-state index in [1.807, 2.05) is 0 Å². The average Bonchev–Trinajstić information content (AvgIpc) is 2.93. The van der Waals surface area contributed by atoms with E-state index >= 15 is 0 Å². The zero-order chi connectivity index (χ0) is 21.1. The molecule has 3 rings (SSSR count). The Hall–Kier alpha value is -3.04. The number of halogens is 2. The second-order valence-corrected chi connectivity index (χ2v) is 7.27. The molecule has 0 atom stereocenters. The van der Waals surface area contributed by atoms with Crippen molar-refractivity contribution in [2.24, 2.45) is 0 Å². The fraction of sp³-hybridized carbons (Fsp3) is 0.105. The van der Waals surface area contributed by atoms with Crippen molar-refractivity contribution in [2.45, 2.75) is 0 Å². The molecule has 10 heteroatoms. The molecule has 0 aliphatic carbocycles. The minimum atomic E-state index is -0.731. The topological polar surface area (TPSA) is 95.9 Å². The highest BCUT2D eigenvalue weighted by Crippen LogP contribution is 2.38. The number of phenolic OH excluding ortho intramolecular Hbond substituents is 1. The number of anilines is 1. The van der Waals surface area contributed by atoms with Crippen molar-refractivity contribution < 1.29 is 28.6 Å². The van der Waals surface area contributed by atoms with Crippen LogP contribution in [0.3, 0.4) is 0 Å². The number of aromatic hydroxyl groups is 1. The Balaban J connectivity index is 1.78. The van der Waals surface area contributed by atoms with Crippen LogP contribution in [0.1, 0.15) is 5.56 Å². The van der Waals surface area contributed by atoms with Crippen LogP contribution in [0, 0.1) is 5.82 Å². The van der Waals surface area contributed by atoms with Crippen molar-refractivity contribution in [3.8, 4) is 11.5 Å². The smallest absolute Gasteiger partial charge is 0.294 e. The van der Waals surface area contributed by atoms with Crippen molar-refractivity contribution in [2.75, 3.05) is 19.0 Å². The Morgan fingerprint density at radius 3 is 2.76 bits per heavy atom. The normalized spacial score (nSPS) is 15.1. The fourth-order valence-corrected chi connectivity index (χ4v) is 3.58. The number of thioether (sulfide) groups is 1. The lowest BCUT2D eigenvalue weighted by atomic mass is 10.1. The first-order chi connectivity index (χ1) is 13.8. The standard InChI is InChI=1S/C19H14ClFN2O5S/c1-28-14-8-11(20)6-10(17(14)25)7-15-18(26)23(19(27)29-15)9-16(24)22-13-5-3-2-4-12(13)21/h2-8,25H,9H2,1H3,(H,22,24)/b15-7-. The zero-order valence-corrected chi connectivity index (χ0v) is 16.5. The largest absolute Gasteiger partial charge is 0.504 e. The number of nitrogens with one attached hydrogen (secondary N) is 1. The van der Waals surface area contributed by atoms with Crippen LogP contribution in [0.5, 0.6) is 11.5 Å². The third-order valence-corrected chi connectivity index (χ3v) is 5.02. The molecule has 2 aromatic rings. The first kappa shape index (κ1) is 20.7. The number of benzene rings is 2. The van der Waals surface area contributed by atoms with Crippen LogP contribution < -0.4 is 10.1 Å². The highest BCUT2D eigenvalue weighted by Gasteiger charge is 2.36. The molecule has 0 saturated carbocycles. The number of carbonyl (C=O) groups excluding carboxylic acids is 3. The van der Waals surface area contributed by atoms with Gasteiger partial charge in [0.1, 0.15) is 12.4 Å². The van der Waals surface area contributed by atoms with Crippen LogP contribution in [0.25, 0.3) is 6.08 Å². The molecule has 0 bridgehead atoms. The van der Waals surface area contributed by atoms with E-state index in [0.717, 1.165) is 4.90 Å². The minimum Gasteiger partial charge on any atom is -0.504 e. The van der Waals surface area contributed by atoms with E-state index < -0.39 is 29.4 Å². The number of rotatable bonds is 5. The van der Waals surface area contributed by atoms with Gasteiger partial charge in [-0.25, -0.2) is 4.39 Å². The van der Waals surface area contributed by atoms with Gasteiger partial charge in [0.05, 0.1) is 17.7 Å². The first-order valence-corrected chi connectivity index (χ1v) is 9.36. The Bertz CT molecular complexity index is 1040.